The number of nitrogens with one attached hydrogen (secondary N) is 1. The van der Waals surface area contributed by atoms with Crippen LogP contribution >= 0.6 is 15.9 Å². The molecule has 3 rings (SSSR count). The molecule has 1 aromatic carbocycles. The van der Waals surface area contributed by atoms with E-state index in [0.29, 0.717) is 12.6 Å². The van der Waals surface area contributed by atoms with Crippen LogP contribution in [0.25, 0.3) is 0 Å². The van der Waals surface area contributed by atoms with Gasteiger partial charge in [-0.25, -0.2) is 0 Å². The Hall–Kier alpha value is -1.39. The molecule has 0 amide bonds. The lowest BCUT2D eigenvalue weighted by Crippen LogP contribution is -2.16. The number of halogens is 1. The van der Waals surface area contributed by atoms with Crippen LogP contribution in [0.3, 0.4) is 0 Å². The van der Waals surface area contributed by atoms with Crippen molar-refractivity contribution >= 4 is 15.9 Å². The van der Waals surface area contributed by atoms with Crippen LogP contribution in [0.1, 0.15) is 24.0 Å². The molecule has 0 saturated heterocycles. The van der Waals surface area contributed by atoms with Crippen molar-refractivity contribution in [2.75, 3.05) is 0 Å². The van der Waals surface area contributed by atoms with E-state index in [-0.39, 0.29) is 0 Å². The van der Waals surface area contributed by atoms with Crippen LogP contribution in [0, 0.1) is 0 Å². The van der Waals surface area contributed by atoms with Crippen LogP contribution in [0.4, 0.5) is 0 Å². The lowest BCUT2D eigenvalue weighted by atomic mass is 10.2. The fourth-order valence-corrected chi connectivity index (χ4v) is 2.40. The molecule has 1 aliphatic rings. The van der Waals surface area contributed by atoms with Crippen molar-refractivity contribution in [3.05, 3.63) is 58.3 Å². The minimum absolute atomic E-state index is 0.557. The summed E-state index contributed by atoms with van der Waals surface area (Å²) >= 11 is 3.54. The molecule has 1 aromatic heterocycles. The smallest absolute Gasteiger partial charge is 0.127 e. The normalized spacial score (nSPS) is 14.2. The van der Waals surface area contributed by atoms with Gasteiger partial charge in [0.1, 0.15) is 12.4 Å². The summed E-state index contributed by atoms with van der Waals surface area (Å²) in [7, 11) is 0. The lowest BCUT2D eigenvalue weighted by Gasteiger charge is -2.12. The zero-order valence-electron chi connectivity index (χ0n) is 11.2. The van der Waals surface area contributed by atoms with Crippen LogP contribution in [0.2, 0.25) is 0 Å². The van der Waals surface area contributed by atoms with Gasteiger partial charge in [0.2, 0.25) is 0 Å². The second-order valence-corrected chi connectivity index (χ2v) is 5.87. The van der Waals surface area contributed by atoms with Crippen LogP contribution < -0.4 is 10.1 Å². The van der Waals surface area contributed by atoms with Crippen LogP contribution in [-0.2, 0) is 13.2 Å². The number of ether oxygens (including phenoxy) is 1. The summed E-state index contributed by atoms with van der Waals surface area (Å²) in [5, 5.41) is 3.49. The van der Waals surface area contributed by atoms with Crippen LogP contribution in [0.15, 0.2) is 47.2 Å². The van der Waals surface area contributed by atoms with Gasteiger partial charge in [0.25, 0.3) is 0 Å². The van der Waals surface area contributed by atoms with Crippen LogP contribution in [0.5, 0.6) is 5.75 Å². The van der Waals surface area contributed by atoms with E-state index in [0.717, 1.165) is 27.9 Å². The summed E-state index contributed by atoms with van der Waals surface area (Å²) in [6.07, 6.45) is 6.22. The van der Waals surface area contributed by atoms with Crippen LogP contribution in [-0.4, -0.2) is 11.0 Å². The average Bonchev–Trinajstić information content (AvgIpc) is 3.29. The Balaban J connectivity index is 1.65. The van der Waals surface area contributed by atoms with E-state index >= 15 is 0 Å². The molecule has 0 aliphatic heterocycles. The topological polar surface area (TPSA) is 34.1 Å². The van der Waals surface area contributed by atoms with Crippen molar-refractivity contribution in [2.45, 2.75) is 32.0 Å². The van der Waals surface area contributed by atoms with Gasteiger partial charge in [0.05, 0.1) is 0 Å². The molecular weight excluding hydrogens is 316 g/mol. The Morgan fingerprint density at radius 3 is 2.85 bits per heavy atom. The van der Waals surface area contributed by atoms with Gasteiger partial charge in [-0.3, -0.25) is 4.98 Å². The highest BCUT2D eigenvalue weighted by Crippen LogP contribution is 2.23. The number of nitrogens with zero attached hydrogens (tertiary/aromatic N) is 1. The highest BCUT2D eigenvalue weighted by molar-refractivity contribution is 9.10. The maximum Gasteiger partial charge on any atom is 0.127 e. The minimum atomic E-state index is 0.557. The Bertz CT molecular complexity index is 584. The maximum atomic E-state index is 5.95. The molecule has 1 fully saturated rings. The van der Waals surface area contributed by atoms with Crippen molar-refractivity contribution in [2.24, 2.45) is 0 Å². The quantitative estimate of drug-likeness (QED) is 0.876. The molecule has 0 radical (unpaired) electrons. The number of benzene rings is 1. The molecule has 0 atom stereocenters. The van der Waals surface area contributed by atoms with Gasteiger partial charge >= 0.3 is 0 Å². The largest absolute Gasteiger partial charge is 0.488 e. The molecular formula is C16H17BrN2O. The zero-order valence-corrected chi connectivity index (χ0v) is 12.8. The first-order valence-corrected chi connectivity index (χ1v) is 7.65. The van der Waals surface area contributed by atoms with Gasteiger partial charge in [0, 0.05) is 40.6 Å². The van der Waals surface area contributed by atoms with Crippen molar-refractivity contribution in [1.82, 2.24) is 10.3 Å². The van der Waals surface area contributed by atoms with Crippen molar-refractivity contribution in [3.8, 4) is 5.75 Å². The summed E-state index contributed by atoms with van der Waals surface area (Å²) in [5.41, 5.74) is 2.26. The summed E-state index contributed by atoms with van der Waals surface area (Å²) in [6, 6.07) is 10.7. The van der Waals surface area contributed by atoms with E-state index in [9.17, 15) is 0 Å². The molecule has 2 aromatic rings. The highest BCUT2D eigenvalue weighted by Gasteiger charge is 2.20. The third-order valence-electron chi connectivity index (χ3n) is 3.36. The van der Waals surface area contributed by atoms with Gasteiger partial charge in [-0.2, -0.15) is 0 Å². The number of hydrogen-bond acceptors (Lipinski definition) is 3. The first-order chi connectivity index (χ1) is 9.83. The predicted molar refractivity (Wildman–Crippen MR) is 82.6 cm³/mol. The van der Waals surface area contributed by atoms with Gasteiger partial charge in [0.15, 0.2) is 0 Å². The molecule has 0 unspecified atom stereocenters. The molecule has 20 heavy (non-hydrogen) atoms. The molecule has 104 valence electrons. The Morgan fingerprint density at radius 1 is 1.20 bits per heavy atom. The number of aromatic nitrogens is 1. The second-order valence-electron chi connectivity index (χ2n) is 5.02. The van der Waals surface area contributed by atoms with Gasteiger partial charge < -0.3 is 10.1 Å². The Labute approximate surface area is 127 Å². The standard InChI is InChI=1S/C16H17BrN2O/c17-15-4-2-1-3-12(15)11-20-16-7-8-18-9-13(16)10-19-14-5-6-14/h1-4,7-9,14,19H,5-6,10-11H2. The lowest BCUT2D eigenvalue weighted by molar-refractivity contribution is 0.301. The second kappa shape index (κ2) is 6.37. The fourth-order valence-electron chi connectivity index (χ4n) is 2.00. The van der Waals surface area contributed by atoms with Gasteiger partial charge in [-0.05, 0) is 25.0 Å². The molecule has 1 heterocycles. The summed E-state index contributed by atoms with van der Waals surface area (Å²) in [5.74, 6) is 0.906. The third kappa shape index (κ3) is 3.58. The average molecular weight is 333 g/mol. The molecule has 0 spiro atoms. The first-order valence-electron chi connectivity index (χ1n) is 6.85. The van der Waals surface area contributed by atoms with Crippen molar-refractivity contribution in [3.63, 3.8) is 0 Å². The number of hydrogen-bond donors (Lipinski definition) is 1. The Kier molecular flexibility index (Phi) is 4.33. The number of pyridine rings is 1. The summed E-state index contributed by atoms with van der Waals surface area (Å²) < 4.78 is 7.02. The van der Waals surface area contributed by atoms with E-state index in [1.165, 1.54) is 12.8 Å². The zero-order chi connectivity index (χ0) is 13.8. The van der Waals surface area contributed by atoms with Crippen molar-refractivity contribution < 1.29 is 4.74 Å². The van der Waals surface area contributed by atoms with E-state index < -0.39 is 0 Å². The van der Waals surface area contributed by atoms with E-state index in [4.69, 9.17) is 4.74 Å². The van der Waals surface area contributed by atoms with Crippen molar-refractivity contribution in [1.29, 1.82) is 0 Å². The molecule has 1 saturated carbocycles. The SMILES string of the molecule is Brc1ccccc1COc1ccncc1CNC1CC1. The third-order valence-corrected chi connectivity index (χ3v) is 4.13. The minimum Gasteiger partial charge on any atom is -0.488 e. The van der Waals surface area contributed by atoms with Gasteiger partial charge in [-0.1, -0.05) is 34.1 Å². The monoisotopic (exact) mass is 332 g/mol. The van der Waals surface area contributed by atoms with E-state index in [1.807, 2.05) is 30.5 Å². The maximum absolute atomic E-state index is 5.95. The number of rotatable bonds is 6. The highest BCUT2D eigenvalue weighted by atomic mass is 79.9. The molecule has 1 N–H and O–H groups in total. The first kappa shape index (κ1) is 13.6. The fraction of sp³-hybridized carbons (Fsp3) is 0.312. The van der Waals surface area contributed by atoms with E-state index in [1.54, 1.807) is 6.20 Å². The summed E-state index contributed by atoms with van der Waals surface area (Å²) in [4.78, 5) is 4.19. The summed E-state index contributed by atoms with van der Waals surface area (Å²) in [6.45, 7) is 1.38. The molecule has 4 heteroatoms. The molecule has 0 bridgehead atoms. The molecule has 1 aliphatic carbocycles. The van der Waals surface area contributed by atoms with Gasteiger partial charge in [-0.15, -0.1) is 0 Å². The molecule has 3 nitrogen and oxygen atoms in total. The Morgan fingerprint density at radius 2 is 2.05 bits per heavy atom. The predicted octanol–water partition coefficient (Wildman–Crippen LogP) is 3.68. The van der Waals surface area contributed by atoms with E-state index in [2.05, 4.69) is 32.3 Å².